The fourth-order valence-corrected chi connectivity index (χ4v) is 1.41. The number of hydrogen-bond acceptors (Lipinski definition) is 3. The lowest BCUT2D eigenvalue weighted by Gasteiger charge is -2.28. The van der Waals surface area contributed by atoms with Gasteiger partial charge in [-0.1, -0.05) is 34.1 Å². The van der Waals surface area contributed by atoms with Crippen molar-refractivity contribution >= 4 is 5.91 Å². The van der Waals surface area contributed by atoms with E-state index in [9.17, 15) is 9.90 Å². The van der Waals surface area contributed by atoms with Gasteiger partial charge in [0.1, 0.15) is 0 Å². The highest BCUT2D eigenvalue weighted by Gasteiger charge is 2.29. The van der Waals surface area contributed by atoms with Gasteiger partial charge < -0.3 is 16.2 Å². The van der Waals surface area contributed by atoms with E-state index in [4.69, 9.17) is 5.73 Å². The van der Waals surface area contributed by atoms with Gasteiger partial charge in [-0.2, -0.15) is 0 Å². The topological polar surface area (TPSA) is 75.3 Å². The molecule has 0 heterocycles. The van der Waals surface area contributed by atoms with Crippen LogP contribution in [0.4, 0.5) is 0 Å². The molecule has 1 amide bonds. The van der Waals surface area contributed by atoms with Crippen LogP contribution in [0.5, 0.6) is 0 Å². The van der Waals surface area contributed by atoms with Crippen LogP contribution in [-0.4, -0.2) is 29.2 Å². The van der Waals surface area contributed by atoms with E-state index in [1.807, 2.05) is 27.7 Å². The second-order valence-electron chi connectivity index (χ2n) is 5.81. The maximum Gasteiger partial charge on any atom is 0.237 e. The Morgan fingerprint density at radius 1 is 1.38 bits per heavy atom. The zero-order valence-corrected chi connectivity index (χ0v) is 11.1. The smallest absolute Gasteiger partial charge is 0.237 e. The van der Waals surface area contributed by atoms with E-state index in [0.717, 1.165) is 6.42 Å². The number of amides is 1. The van der Waals surface area contributed by atoms with E-state index in [2.05, 4.69) is 5.32 Å². The van der Waals surface area contributed by atoms with Crippen molar-refractivity contribution in [2.24, 2.45) is 11.1 Å². The molecule has 0 saturated carbocycles. The van der Waals surface area contributed by atoms with Gasteiger partial charge in [-0.15, -0.1) is 0 Å². The average molecular weight is 230 g/mol. The molecule has 0 aliphatic carbocycles. The fraction of sp³-hybridized carbons (Fsp3) is 0.917. The van der Waals surface area contributed by atoms with Crippen LogP contribution < -0.4 is 11.1 Å². The summed E-state index contributed by atoms with van der Waals surface area (Å²) in [6.45, 7) is 9.73. The summed E-state index contributed by atoms with van der Waals surface area (Å²) < 4.78 is 0. The molecular formula is C12H26N2O2. The molecule has 0 rings (SSSR count). The molecule has 0 aromatic rings. The number of nitrogens with two attached hydrogens (primary N) is 1. The number of rotatable bonds is 5. The number of hydrogen-bond donors (Lipinski definition) is 3. The molecule has 0 aliphatic rings. The SMILES string of the molecule is CCCC(C)(O)CNC(=O)[C@H](N)C(C)(C)C. The summed E-state index contributed by atoms with van der Waals surface area (Å²) >= 11 is 0. The molecule has 0 aliphatic heterocycles. The molecule has 0 fully saturated rings. The minimum Gasteiger partial charge on any atom is -0.388 e. The van der Waals surface area contributed by atoms with Gasteiger partial charge in [-0.05, 0) is 18.8 Å². The zero-order valence-electron chi connectivity index (χ0n) is 11.1. The van der Waals surface area contributed by atoms with E-state index in [1.165, 1.54) is 0 Å². The fourth-order valence-electron chi connectivity index (χ4n) is 1.41. The van der Waals surface area contributed by atoms with Gasteiger partial charge in [-0.25, -0.2) is 0 Å². The molecule has 4 N–H and O–H groups in total. The number of carbonyl (C=O) groups is 1. The highest BCUT2D eigenvalue weighted by molar-refractivity contribution is 5.82. The number of carbonyl (C=O) groups excluding carboxylic acids is 1. The largest absolute Gasteiger partial charge is 0.388 e. The lowest BCUT2D eigenvalue weighted by Crippen LogP contribution is -2.51. The maximum atomic E-state index is 11.7. The second-order valence-corrected chi connectivity index (χ2v) is 5.81. The van der Waals surface area contributed by atoms with E-state index in [-0.39, 0.29) is 17.9 Å². The third-order valence-electron chi connectivity index (χ3n) is 2.65. The van der Waals surface area contributed by atoms with Crippen LogP contribution in [0, 0.1) is 5.41 Å². The van der Waals surface area contributed by atoms with Gasteiger partial charge in [0, 0.05) is 6.54 Å². The van der Waals surface area contributed by atoms with Crippen molar-refractivity contribution in [1.82, 2.24) is 5.32 Å². The van der Waals surface area contributed by atoms with Crippen LogP contribution in [0.25, 0.3) is 0 Å². The normalized spacial score (nSPS) is 17.7. The molecule has 1 unspecified atom stereocenters. The molecule has 0 aromatic heterocycles. The quantitative estimate of drug-likeness (QED) is 0.660. The Hall–Kier alpha value is -0.610. The zero-order chi connectivity index (χ0) is 13.0. The minimum atomic E-state index is -0.845. The summed E-state index contributed by atoms with van der Waals surface area (Å²) in [5, 5.41) is 12.6. The van der Waals surface area contributed by atoms with Crippen molar-refractivity contribution in [2.45, 2.75) is 59.1 Å². The van der Waals surface area contributed by atoms with Crippen molar-refractivity contribution in [3.63, 3.8) is 0 Å². The molecule has 16 heavy (non-hydrogen) atoms. The lowest BCUT2D eigenvalue weighted by molar-refractivity contribution is -0.125. The van der Waals surface area contributed by atoms with Crippen molar-refractivity contribution in [1.29, 1.82) is 0 Å². The van der Waals surface area contributed by atoms with Crippen molar-refractivity contribution < 1.29 is 9.90 Å². The summed E-state index contributed by atoms with van der Waals surface area (Å²) in [6, 6.07) is -0.551. The third kappa shape index (κ3) is 5.47. The second kappa shape index (κ2) is 5.64. The van der Waals surface area contributed by atoms with Gasteiger partial charge >= 0.3 is 0 Å². The standard InChI is InChI=1S/C12H26N2O2/c1-6-7-12(5,16)8-14-10(15)9(13)11(2,3)4/h9,16H,6-8,13H2,1-5H3,(H,14,15)/t9-,12?/m0/s1. The Morgan fingerprint density at radius 2 is 1.88 bits per heavy atom. The first-order valence-corrected chi connectivity index (χ1v) is 5.86. The molecule has 4 heteroatoms. The molecular weight excluding hydrogens is 204 g/mol. The van der Waals surface area contributed by atoms with E-state index < -0.39 is 11.6 Å². The Balaban J connectivity index is 4.18. The first-order valence-electron chi connectivity index (χ1n) is 5.86. The molecule has 2 atom stereocenters. The van der Waals surface area contributed by atoms with Gasteiger partial charge in [0.25, 0.3) is 0 Å². The average Bonchev–Trinajstić information content (AvgIpc) is 2.11. The van der Waals surface area contributed by atoms with E-state index in [1.54, 1.807) is 6.92 Å². The third-order valence-corrected chi connectivity index (χ3v) is 2.65. The van der Waals surface area contributed by atoms with E-state index >= 15 is 0 Å². The molecule has 0 saturated heterocycles. The van der Waals surface area contributed by atoms with E-state index in [0.29, 0.717) is 6.42 Å². The monoisotopic (exact) mass is 230 g/mol. The van der Waals surface area contributed by atoms with Crippen LogP contribution in [-0.2, 0) is 4.79 Å². The summed E-state index contributed by atoms with van der Waals surface area (Å²) in [5.74, 6) is -0.205. The number of nitrogens with one attached hydrogen (secondary N) is 1. The van der Waals surface area contributed by atoms with Crippen LogP contribution in [0.2, 0.25) is 0 Å². The summed E-state index contributed by atoms with van der Waals surface area (Å²) in [6.07, 6.45) is 1.55. The first-order chi connectivity index (χ1) is 7.10. The van der Waals surface area contributed by atoms with Crippen molar-refractivity contribution in [2.75, 3.05) is 6.54 Å². The molecule has 0 radical (unpaired) electrons. The Morgan fingerprint density at radius 3 is 2.25 bits per heavy atom. The summed E-state index contributed by atoms with van der Waals surface area (Å²) in [7, 11) is 0. The Bertz CT molecular complexity index is 232. The van der Waals surface area contributed by atoms with Gasteiger partial charge in [-0.3, -0.25) is 4.79 Å². The minimum absolute atomic E-state index is 0.205. The van der Waals surface area contributed by atoms with Gasteiger partial charge in [0.2, 0.25) is 5.91 Å². The molecule has 4 nitrogen and oxygen atoms in total. The van der Waals surface area contributed by atoms with Crippen LogP contribution >= 0.6 is 0 Å². The summed E-state index contributed by atoms with van der Waals surface area (Å²) in [4.78, 5) is 11.7. The van der Waals surface area contributed by atoms with Gasteiger partial charge in [0.05, 0.1) is 11.6 Å². The Kier molecular flexibility index (Phi) is 5.42. The molecule has 96 valence electrons. The highest BCUT2D eigenvalue weighted by atomic mass is 16.3. The predicted molar refractivity (Wildman–Crippen MR) is 66.0 cm³/mol. The van der Waals surface area contributed by atoms with Gasteiger partial charge in [0.15, 0.2) is 0 Å². The lowest BCUT2D eigenvalue weighted by atomic mass is 9.87. The van der Waals surface area contributed by atoms with Crippen molar-refractivity contribution in [3.8, 4) is 0 Å². The number of aliphatic hydroxyl groups is 1. The van der Waals surface area contributed by atoms with Crippen LogP contribution in [0.3, 0.4) is 0 Å². The first kappa shape index (κ1) is 15.4. The van der Waals surface area contributed by atoms with Crippen LogP contribution in [0.1, 0.15) is 47.5 Å². The molecule has 0 spiro atoms. The maximum absolute atomic E-state index is 11.7. The molecule has 0 bridgehead atoms. The summed E-state index contributed by atoms with van der Waals surface area (Å²) in [5.41, 5.74) is 4.70. The molecule has 0 aromatic carbocycles. The van der Waals surface area contributed by atoms with Crippen molar-refractivity contribution in [3.05, 3.63) is 0 Å². The predicted octanol–water partition coefficient (Wildman–Crippen LogP) is 1.03. The van der Waals surface area contributed by atoms with Crippen LogP contribution in [0.15, 0.2) is 0 Å². The highest BCUT2D eigenvalue weighted by Crippen LogP contribution is 2.17. The Labute approximate surface area is 98.6 Å².